The molecule has 1 aliphatic heterocycles. The Hall–Kier alpha value is -2.67. The minimum atomic E-state index is -0.245. The molecule has 1 unspecified atom stereocenters. The number of carbonyl (C=O) groups is 2. The van der Waals surface area contributed by atoms with E-state index in [4.69, 9.17) is 4.74 Å². The predicted octanol–water partition coefficient (Wildman–Crippen LogP) is 3.30. The van der Waals surface area contributed by atoms with Crippen molar-refractivity contribution in [1.82, 2.24) is 9.91 Å². The summed E-state index contributed by atoms with van der Waals surface area (Å²) in [6, 6.07) is 11.5. The van der Waals surface area contributed by atoms with E-state index in [1.54, 1.807) is 25.5 Å². The highest BCUT2D eigenvalue weighted by molar-refractivity contribution is 7.12. The third kappa shape index (κ3) is 3.67. The van der Waals surface area contributed by atoms with Crippen LogP contribution in [0.1, 0.15) is 35.7 Å². The van der Waals surface area contributed by atoms with Crippen molar-refractivity contribution in [3.05, 3.63) is 52.2 Å². The van der Waals surface area contributed by atoms with E-state index in [1.807, 2.05) is 41.8 Å². The van der Waals surface area contributed by atoms with Gasteiger partial charge in [-0.25, -0.2) is 5.01 Å². The molecular formula is C21H23N3O3S. The zero-order valence-electron chi connectivity index (χ0n) is 16.0. The van der Waals surface area contributed by atoms with Gasteiger partial charge in [-0.3, -0.25) is 9.59 Å². The second-order valence-electron chi connectivity index (χ2n) is 7.19. The van der Waals surface area contributed by atoms with Crippen molar-refractivity contribution in [3.63, 3.8) is 0 Å². The third-order valence-corrected chi connectivity index (χ3v) is 6.06. The molecule has 0 N–H and O–H groups in total. The number of amides is 2. The number of thiophene rings is 1. The Labute approximate surface area is 168 Å². The Kier molecular flexibility index (Phi) is 5.17. The zero-order chi connectivity index (χ0) is 19.7. The van der Waals surface area contributed by atoms with Gasteiger partial charge in [0.05, 0.1) is 23.7 Å². The predicted molar refractivity (Wildman–Crippen MR) is 108 cm³/mol. The summed E-state index contributed by atoms with van der Waals surface area (Å²) in [6.45, 7) is 0.0300. The largest absolute Gasteiger partial charge is 0.496 e. The summed E-state index contributed by atoms with van der Waals surface area (Å²) in [7, 11) is 3.32. The lowest BCUT2D eigenvalue weighted by atomic mass is 10.00. The minimum Gasteiger partial charge on any atom is -0.496 e. The van der Waals surface area contributed by atoms with Gasteiger partial charge in [-0.15, -0.1) is 11.3 Å². The van der Waals surface area contributed by atoms with Gasteiger partial charge in [0.25, 0.3) is 5.91 Å². The van der Waals surface area contributed by atoms with Gasteiger partial charge in [0.2, 0.25) is 5.91 Å². The molecule has 2 aliphatic rings. The Morgan fingerprint density at radius 3 is 2.71 bits per heavy atom. The maximum absolute atomic E-state index is 13.1. The number of likely N-dealkylation sites (N-methyl/N-ethyl adjacent to an activating group) is 1. The highest BCUT2D eigenvalue weighted by Crippen LogP contribution is 2.38. The fourth-order valence-corrected chi connectivity index (χ4v) is 4.23. The molecule has 7 heteroatoms. The summed E-state index contributed by atoms with van der Waals surface area (Å²) in [5, 5.41) is 8.19. The van der Waals surface area contributed by atoms with Crippen LogP contribution in [0.2, 0.25) is 0 Å². The number of hydrazone groups is 1. The molecule has 28 heavy (non-hydrogen) atoms. The molecule has 1 aliphatic carbocycles. The molecule has 0 saturated heterocycles. The molecule has 2 aromatic rings. The number of benzene rings is 1. The molecule has 1 fully saturated rings. The van der Waals surface area contributed by atoms with Crippen LogP contribution < -0.4 is 4.74 Å². The number of para-hydroxylation sites is 1. The second-order valence-corrected chi connectivity index (χ2v) is 8.14. The molecule has 1 aromatic carbocycles. The maximum atomic E-state index is 13.1. The van der Waals surface area contributed by atoms with E-state index in [-0.39, 0.29) is 30.3 Å². The Morgan fingerprint density at radius 1 is 1.25 bits per heavy atom. The summed E-state index contributed by atoms with van der Waals surface area (Å²) >= 11 is 1.61. The van der Waals surface area contributed by atoms with Crippen LogP contribution in [0, 0.1) is 5.92 Å². The second kappa shape index (κ2) is 7.75. The first-order valence-electron chi connectivity index (χ1n) is 9.39. The Morgan fingerprint density at radius 2 is 2.04 bits per heavy atom. The van der Waals surface area contributed by atoms with Crippen LogP contribution in [0.15, 0.2) is 46.9 Å². The Balaban J connectivity index is 1.61. The first kappa shape index (κ1) is 18.7. The lowest BCUT2D eigenvalue weighted by Gasteiger charge is -2.26. The molecule has 0 spiro atoms. The van der Waals surface area contributed by atoms with Gasteiger partial charge in [0.1, 0.15) is 12.3 Å². The first-order chi connectivity index (χ1) is 13.6. The monoisotopic (exact) mass is 397 g/mol. The maximum Gasteiger partial charge on any atom is 0.262 e. The summed E-state index contributed by atoms with van der Waals surface area (Å²) in [6.07, 6.45) is 2.46. The van der Waals surface area contributed by atoms with Gasteiger partial charge >= 0.3 is 0 Å². The van der Waals surface area contributed by atoms with E-state index in [2.05, 4.69) is 5.10 Å². The highest BCUT2D eigenvalue weighted by atomic mass is 32.1. The fourth-order valence-electron chi connectivity index (χ4n) is 3.51. The van der Waals surface area contributed by atoms with Crippen molar-refractivity contribution in [2.24, 2.45) is 11.0 Å². The quantitative estimate of drug-likeness (QED) is 0.751. The summed E-state index contributed by atoms with van der Waals surface area (Å²) in [5.74, 6) is 0.685. The van der Waals surface area contributed by atoms with Crippen molar-refractivity contribution < 1.29 is 14.3 Å². The average molecular weight is 398 g/mol. The molecule has 6 nitrogen and oxygen atoms in total. The number of ether oxygens (including phenoxy) is 1. The van der Waals surface area contributed by atoms with Gasteiger partial charge in [0, 0.05) is 24.9 Å². The van der Waals surface area contributed by atoms with Crippen LogP contribution in [0.25, 0.3) is 0 Å². The number of hydrogen-bond donors (Lipinski definition) is 0. The van der Waals surface area contributed by atoms with E-state index in [1.165, 1.54) is 9.91 Å². The van der Waals surface area contributed by atoms with Crippen molar-refractivity contribution >= 4 is 28.9 Å². The fraction of sp³-hybridized carbons (Fsp3) is 0.381. The molecule has 0 bridgehead atoms. The van der Waals surface area contributed by atoms with Gasteiger partial charge in [-0.05, 0) is 30.4 Å². The molecule has 4 rings (SSSR count). The molecule has 2 amide bonds. The normalized spacial score (nSPS) is 18.7. The number of hydrogen-bond acceptors (Lipinski definition) is 5. The first-order valence-corrected chi connectivity index (χ1v) is 10.3. The molecular weight excluding hydrogens is 374 g/mol. The van der Waals surface area contributed by atoms with Crippen LogP contribution in [0.5, 0.6) is 5.75 Å². The average Bonchev–Trinajstić information content (AvgIpc) is 3.23. The van der Waals surface area contributed by atoms with Crippen molar-refractivity contribution in [3.8, 4) is 5.75 Å². The Bertz CT molecular complexity index is 905. The molecule has 2 heterocycles. The lowest BCUT2D eigenvalue weighted by Crippen LogP contribution is -2.39. The van der Waals surface area contributed by atoms with Gasteiger partial charge in [0.15, 0.2) is 0 Å². The van der Waals surface area contributed by atoms with Crippen LogP contribution in [-0.4, -0.2) is 48.1 Å². The van der Waals surface area contributed by atoms with Gasteiger partial charge < -0.3 is 9.64 Å². The van der Waals surface area contributed by atoms with Gasteiger partial charge in [-0.2, -0.15) is 5.10 Å². The van der Waals surface area contributed by atoms with E-state index in [0.717, 1.165) is 34.7 Å². The number of rotatable bonds is 6. The van der Waals surface area contributed by atoms with E-state index in [0.29, 0.717) is 6.42 Å². The molecule has 146 valence electrons. The molecule has 1 aromatic heterocycles. The van der Waals surface area contributed by atoms with Crippen LogP contribution >= 0.6 is 11.3 Å². The van der Waals surface area contributed by atoms with E-state index in [9.17, 15) is 9.59 Å². The minimum absolute atomic E-state index is 0.0300. The highest BCUT2D eigenvalue weighted by Gasteiger charge is 2.37. The van der Waals surface area contributed by atoms with Crippen LogP contribution in [-0.2, 0) is 9.59 Å². The smallest absolute Gasteiger partial charge is 0.262 e. The van der Waals surface area contributed by atoms with Gasteiger partial charge in [-0.1, -0.05) is 24.3 Å². The standard InChI is InChI=1S/C21H23N3O3S/c1-23(21(26)14-9-10-14)13-20(25)24-17(15-6-3-4-7-18(15)27-2)12-16(22-24)19-8-5-11-28-19/h3-8,11,14,17H,9-10,12-13H2,1-2H3. The van der Waals surface area contributed by atoms with Crippen LogP contribution in [0.3, 0.4) is 0 Å². The van der Waals surface area contributed by atoms with Crippen molar-refractivity contribution in [2.75, 3.05) is 20.7 Å². The summed E-state index contributed by atoms with van der Waals surface area (Å²) in [4.78, 5) is 27.9. The number of carbonyl (C=O) groups excluding carboxylic acids is 2. The molecule has 0 radical (unpaired) electrons. The molecule has 1 atom stereocenters. The lowest BCUT2D eigenvalue weighted by molar-refractivity contribution is -0.141. The number of nitrogens with zero attached hydrogens (tertiary/aromatic N) is 3. The summed E-state index contributed by atoms with van der Waals surface area (Å²) in [5.41, 5.74) is 1.81. The number of methoxy groups -OCH3 is 1. The van der Waals surface area contributed by atoms with Crippen molar-refractivity contribution in [1.29, 1.82) is 0 Å². The summed E-state index contributed by atoms with van der Waals surface area (Å²) < 4.78 is 5.52. The zero-order valence-corrected chi connectivity index (χ0v) is 16.8. The van der Waals surface area contributed by atoms with E-state index >= 15 is 0 Å². The third-order valence-electron chi connectivity index (χ3n) is 5.14. The molecule has 1 saturated carbocycles. The SMILES string of the molecule is COc1ccccc1C1CC(c2cccs2)=NN1C(=O)CN(C)C(=O)C1CC1. The van der Waals surface area contributed by atoms with Crippen molar-refractivity contribution in [2.45, 2.75) is 25.3 Å². The topological polar surface area (TPSA) is 62.2 Å². The van der Waals surface area contributed by atoms with Crippen LogP contribution in [0.4, 0.5) is 0 Å². The van der Waals surface area contributed by atoms with E-state index < -0.39 is 0 Å².